The molecule has 0 radical (unpaired) electrons. The monoisotopic (exact) mass is 308 g/mol. The molecule has 88 valence electrons. The minimum absolute atomic E-state index is 0.287. The quantitative estimate of drug-likeness (QED) is 0.672. The molecular formula is C11H3BrF2N4. The zero-order valence-electron chi connectivity index (χ0n) is 8.63. The van der Waals surface area contributed by atoms with Gasteiger partial charge in [-0.2, -0.15) is 15.8 Å². The molecule has 1 N–H and O–H groups in total. The molecule has 0 bridgehead atoms. The molecule has 1 aromatic carbocycles. The average molecular weight is 309 g/mol. The molecule has 0 aliphatic carbocycles. The molecule has 0 aromatic heterocycles. The number of anilines is 1. The average Bonchev–Trinajstić information content (AvgIpc) is 2.38. The van der Waals surface area contributed by atoms with Gasteiger partial charge in [-0.15, -0.1) is 0 Å². The number of nitriles is 3. The molecule has 7 heteroatoms. The Kier molecular flexibility index (Phi) is 4.37. The second kappa shape index (κ2) is 5.77. The van der Waals surface area contributed by atoms with Gasteiger partial charge < -0.3 is 5.32 Å². The Bertz CT molecular complexity index is 631. The van der Waals surface area contributed by atoms with E-state index in [1.165, 1.54) is 6.07 Å². The third-order valence-corrected chi connectivity index (χ3v) is 2.63. The van der Waals surface area contributed by atoms with E-state index in [9.17, 15) is 8.78 Å². The van der Waals surface area contributed by atoms with Gasteiger partial charge in [0.1, 0.15) is 29.6 Å². The van der Waals surface area contributed by atoms with Crippen molar-refractivity contribution in [1.29, 1.82) is 15.8 Å². The van der Waals surface area contributed by atoms with Crippen LogP contribution in [0.25, 0.3) is 0 Å². The largest absolute Gasteiger partial charge is 0.356 e. The molecule has 1 rings (SSSR count). The zero-order chi connectivity index (χ0) is 13.7. The van der Waals surface area contributed by atoms with E-state index >= 15 is 0 Å². The Hall–Kier alpha value is -2.43. The number of nitrogens with zero attached hydrogens (tertiary/aromatic N) is 3. The van der Waals surface area contributed by atoms with Crippen molar-refractivity contribution in [2.75, 3.05) is 5.32 Å². The molecule has 0 aliphatic heterocycles. The number of hydrogen-bond donors (Lipinski definition) is 1. The Balaban J connectivity index is 3.26. The fourth-order valence-corrected chi connectivity index (χ4v) is 1.56. The maximum Gasteiger partial charge on any atom is 0.157 e. The summed E-state index contributed by atoms with van der Waals surface area (Å²) in [5.74, 6) is -1.81. The van der Waals surface area contributed by atoms with Crippen molar-refractivity contribution in [1.82, 2.24) is 0 Å². The third-order valence-electron chi connectivity index (χ3n) is 1.88. The normalized spacial score (nSPS) is 8.67. The van der Waals surface area contributed by atoms with Crippen molar-refractivity contribution in [3.05, 3.63) is 39.5 Å². The number of allylic oxidation sites excluding steroid dienone is 1. The fourth-order valence-electron chi connectivity index (χ4n) is 1.04. The lowest BCUT2D eigenvalue weighted by molar-refractivity contribution is 0.594. The Morgan fingerprint density at radius 2 is 1.89 bits per heavy atom. The van der Waals surface area contributed by atoms with Gasteiger partial charge in [0.15, 0.2) is 5.82 Å². The second-order valence-electron chi connectivity index (χ2n) is 2.95. The van der Waals surface area contributed by atoms with Crippen LogP contribution < -0.4 is 5.32 Å². The molecule has 0 saturated heterocycles. The van der Waals surface area contributed by atoms with Gasteiger partial charge in [-0.3, -0.25) is 0 Å². The smallest absolute Gasteiger partial charge is 0.157 e. The summed E-state index contributed by atoms with van der Waals surface area (Å²) in [6.45, 7) is 0. The van der Waals surface area contributed by atoms with Crippen molar-refractivity contribution in [3.63, 3.8) is 0 Å². The summed E-state index contributed by atoms with van der Waals surface area (Å²) < 4.78 is 26.7. The summed E-state index contributed by atoms with van der Waals surface area (Å²) in [5, 5.41) is 27.8. The van der Waals surface area contributed by atoms with Crippen molar-refractivity contribution in [2.45, 2.75) is 0 Å². The van der Waals surface area contributed by atoms with E-state index in [4.69, 9.17) is 15.8 Å². The van der Waals surface area contributed by atoms with Crippen LogP contribution in [-0.2, 0) is 0 Å². The van der Waals surface area contributed by atoms with Crippen LogP contribution in [0.4, 0.5) is 14.5 Å². The summed E-state index contributed by atoms with van der Waals surface area (Å²) in [5.41, 5.74) is -1.05. The predicted molar refractivity (Wildman–Crippen MR) is 61.7 cm³/mol. The lowest BCUT2D eigenvalue weighted by Crippen LogP contribution is -1.99. The first-order valence-corrected chi connectivity index (χ1v) is 5.19. The van der Waals surface area contributed by atoms with E-state index in [-0.39, 0.29) is 15.7 Å². The molecule has 1 aromatic rings. The van der Waals surface area contributed by atoms with Gasteiger partial charge in [0.25, 0.3) is 0 Å². The number of benzene rings is 1. The van der Waals surface area contributed by atoms with Crippen molar-refractivity contribution >= 4 is 21.6 Å². The topological polar surface area (TPSA) is 83.4 Å². The van der Waals surface area contributed by atoms with Gasteiger partial charge in [0.2, 0.25) is 0 Å². The highest BCUT2D eigenvalue weighted by Crippen LogP contribution is 2.30. The number of halogens is 3. The van der Waals surface area contributed by atoms with Crippen molar-refractivity contribution < 1.29 is 8.78 Å². The fraction of sp³-hybridized carbons (Fsp3) is 0. The summed E-state index contributed by atoms with van der Waals surface area (Å²) in [7, 11) is 0. The van der Waals surface area contributed by atoms with Gasteiger partial charge in [-0.05, 0) is 22.0 Å². The molecular weight excluding hydrogens is 306 g/mol. The minimum Gasteiger partial charge on any atom is -0.356 e. The van der Waals surface area contributed by atoms with Crippen LogP contribution in [0.1, 0.15) is 5.56 Å². The highest BCUT2D eigenvalue weighted by atomic mass is 79.9. The minimum atomic E-state index is -0.926. The van der Waals surface area contributed by atoms with Gasteiger partial charge in [0, 0.05) is 6.20 Å². The van der Waals surface area contributed by atoms with E-state index in [1.54, 1.807) is 12.1 Å². The highest BCUT2D eigenvalue weighted by Gasteiger charge is 2.16. The van der Waals surface area contributed by atoms with E-state index in [0.29, 0.717) is 6.07 Å². The molecule has 0 fully saturated rings. The van der Waals surface area contributed by atoms with Gasteiger partial charge in [-0.1, -0.05) is 0 Å². The van der Waals surface area contributed by atoms with Crippen LogP contribution in [0.3, 0.4) is 0 Å². The van der Waals surface area contributed by atoms with Crippen molar-refractivity contribution in [2.24, 2.45) is 0 Å². The Morgan fingerprint density at radius 3 is 2.39 bits per heavy atom. The van der Waals surface area contributed by atoms with E-state index in [0.717, 1.165) is 6.20 Å². The molecule has 0 aliphatic rings. The SMILES string of the molecule is N#CC(C#N)=CNc1c(F)cc(C#N)c(F)c1Br. The zero-order valence-corrected chi connectivity index (χ0v) is 10.2. The first-order chi connectivity index (χ1) is 8.54. The van der Waals surface area contributed by atoms with E-state index in [2.05, 4.69) is 21.2 Å². The van der Waals surface area contributed by atoms with Gasteiger partial charge in [-0.25, -0.2) is 8.78 Å². The molecule has 0 unspecified atom stereocenters. The number of hydrogen-bond acceptors (Lipinski definition) is 4. The molecule has 0 heterocycles. The Morgan fingerprint density at radius 1 is 1.28 bits per heavy atom. The molecule has 0 saturated carbocycles. The summed E-state index contributed by atoms with van der Waals surface area (Å²) in [6.07, 6.45) is 0.939. The number of nitrogens with one attached hydrogen (secondary N) is 1. The van der Waals surface area contributed by atoms with E-state index < -0.39 is 17.2 Å². The third kappa shape index (κ3) is 2.63. The van der Waals surface area contributed by atoms with Crippen LogP contribution in [0, 0.1) is 45.6 Å². The van der Waals surface area contributed by atoms with Gasteiger partial charge in [0.05, 0.1) is 15.7 Å². The van der Waals surface area contributed by atoms with E-state index in [1.807, 2.05) is 0 Å². The highest BCUT2D eigenvalue weighted by molar-refractivity contribution is 9.10. The lowest BCUT2D eigenvalue weighted by atomic mass is 10.2. The number of rotatable bonds is 2. The lowest BCUT2D eigenvalue weighted by Gasteiger charge is -2.07. The maximum absolute atomic E-state index is 13.5. The van der Waals surface area contributed by atoms with Crippen LogP contribution in [0.5, 0.6) is 0 Å². The standard InChI is InChI=1S/C11H3BrF2N4/c12-9-10(14)7(4-17)1-8(13)11(9)18-5-6(2-15)3-16/h1,5,18H. The second-order valence-corrected chi connectivity index (χ2v) is 3.74. The van der Waals surface area contributed by atoms with Crippen LogP contribution in [0.2, 0.25) is 0 Å². The van der Waals surface area contributed by atoms with Crippen LogP contribution in [-0.4, -0.2) is 0 Å². The van der Waals surface area contributed by atoms with Crippen molar-refractivity contribution in [3.8, 4) is 18.2 Å². The van der Waals surface area contributed by atoms with Crippen LogP contribution in [0.15, 0.2) is 22.3 Å². The first-order valence-electron chi connectivity index (χ1n) is 4.39. The first kappa shape index (κ1) is 13.6. The molecule has 18 heavy (non-hydrogen) atoms. The summed E-state index contributed by atoms with van der Waals surface area (Å²) in [4.78, 5) is 0. The predicted octanol–water partition coefficient (Wildman–Crippen LogP) is 2.94. The molecule has 4 nitrogen and oxygen atoms in total. The molecule has 0 atom stereocenters. The van der Waals surface area contributed by atoms with Gasteiger partial charge >= 0.3 is 0 Å². The summed E-state index contributed by atoms with van der Waals surface area (Å²) >= 11 is 2.79. The molecule has 0 amide bonds. The molecule has 0 spiro atoms. The Labute approximate surface area is 109 Å². The van der Waals surface area contributed by atoms with Crippen LogP contribution >= 0.6 is 15.9 Å². The summed E-state index contributed by atoms with van der Waals surface area (Å²) in [6, 6.07) is 5.32. The maximum atomic E-state index is 13.5.